The van der Waals surface area contributed by atoms with E-state index in [2.05, 4.69) is 5.32 Å². The largest absolute Gasteiger partial charge is 0.309 e. The average Bonchev–Trinajstić information content (AvgIpc) is 3.34. The van der Waals surface area contributed by atoms with Crippen LogP contribution in [0.15, 0.2) is 10.3 Å². The molecule has 6 heteroatoms. The van der Waals surface area contributed by atoms with Crippen molar-refractivity contribution in [2.24, 2.45) is 5.92 Å². The highest BCUT2D eigenvalue weighted by Crippen LogP contribution is 2.37. The number of nitrogens with one attached hydrogen (secondary N) is 1. The van der Waals surface area contributed by atoms with Gasteiger partial charge in [0, 0.05) is 30.6 Å². The number of hydrogen-bond acceptors (Lipinski definition) is 4. The molecule has 0 amide bonds. The maximum atomic E-state index is 12.7. The van der Waals surface area contributed by atoms with Crippen LogP contribution in [0.4, 0.5) is 0 Å². The van der Waals surface area contributed by atoms with Crippen LogP contribution in [0.1, 0.15) is 43.0 Å². The number of thiophene rings is 1. The van der Waals surface area contributed by atoms with Crippen molar-refractivity contribution < 1.29 is 8.42 Å². The lowest BCUT2D eigenvalue weighted by Gasteiger charge is -2.23. The van der Waals surface area contributed by atoms with Crippen molar-refractivity contribution in [2.75, 3.05) is 7.05 Å². The third-order valence-electron chi connectivity index (χ3n) is 4.64. The summed E-state index contributed by atoms with van der Waals surface area (Å²) in [6, 6.07) is 2.58. The Bertz CT molecular complexity index is 616. The molecule has 1 atom stereocenters. The average molecular weight is 329 g/mol. The molecule has 1 N–H and O–H groups in total. The first kappa shape index (κ1) is 15.5. The summed E-state index contributed by atoms with van der Waals surface area (Å²) >= 11 is 1.42. The van der Waals surface area contributed by atoms with Gasteiger partial charge < -0.3 is 5.32 Å². The highest BCUT2D eigenvalue weighted by atomic mass is 32.2. The second-order valence-electron chi connectivity index (χ2n) is 6.43. The quantitative estimate of drug-likeness (QED) is 0.837. The fourth-order valence-electron chi connectivity index (χ4n) is 2.55. The van der Waals surface area contributed by atoms with Gasteiger partial charge in [0.15, 0.2) is 0 Å². The molecule has 1 aromatic heterocycles. The molecule has 118 valence electrons. The van der Waals surface area contributed by atoms with E-state index in [1.54, 1.807) is 11.4 Å². The molecule has 0 aliphatic heterocycles. The van der Waals surface area contributed by atoms with E-state index in [9.17, 15) is 8.42 Å². The molecule has 1 heterocycles. The Labute approximate surface area is 131 Å². The molecule has 1 unspecified atom stereocenters. The fraction of sp³-hybridized carbons (Fsp3) is 0.733. The third-order valence-corrected chi connectivity index (χ3v) is 8.27. The summed E-state index contributed by atoms with van der Waals surface area (Å²) in [7, 11) is -1.63. The van der Waals surface area contributed by atoms with Gasteiger partial charge in [-0.05, 0) is 57.1 Å². The van der Waals surface area contributed by atoms with Crippen LogP contribution in [-0.2, 0) is 16.6 Å². The van der Waals surface area contributed by atoms with Crippen LogP contribution in [-0.4, -0.2) is 31.9 Å². The number of hydrogen-bond donors (Lipinski definition) is 1. The molecular weight excluding hydrogens is 304 g/mol. The number of sulfonamides is 1. The summed E-state index contributed by atoms with van der Waals surface area (Å²) in [4.78, 5) is 1.15. The molecule has 2 aliphatic carbocycles. The normalized spacial score (nSPS) is 21.0. The zero-order valence-corrected chi connectivity index (χ0v) is 14.6. The van der Waals surface area contributed by atoms with Crippen molar-refractivity contribution in [3.8, 4) is 0 Å². The lowest BCUT2D eigenvalue weighted by molar-refractivity contribution is 0.358. The van der Waals surface area contributed by atoms with Crippen LogP contribution < -0.4 is 5.32 Å². The van der Waals surface area contributed by atoms with Crippen molar-refractivity contribution >= 4 is 21.4 Å². The molecular formula is C15H24N2O2S2. The van der Waals surface area contributed by atoms with Crippen LogP contribution >= 0.6 is 11.3 Å². The van der Waals surface area contributed by atoms with Gasteiger partial charge in [0.05, 0.1) is 0 Å². The fourth-order valence-corrected chi connectivity index (χ4v) is 5.70. The van der Waals surface area contributed by atoms with Crippen LogP contribution in [0, 0.1) is 12.8 Å². The highest BCUT2D eigenvalue weighted by Gasteiger charge is 2.36. The molecule has 2 fully saturated rings. The molecule has 0 saturated heterocycles. The van der Waals surface area contributed by atoms with Crippen LogP contribution in [0.3, 0.4) is 0 Å². The Hall–Kier alpha value is -0.430. The summed E-state index contributed by atoms with van der Waals surface area (Å²) in [6.45, 7) is 4.81. The van der Waals surface area contributed by atoms with E-state index in [1.807, 2.05) is 19.9 Å². The summed E-state index contributed by atoms with van der Waals surface area (Å²) in [5.74, 6) is 0.543. The van der Waals surface area contributed by atoms with Gasteiger partial charge in [0.2, 0.25) is 0 Å². The standard InChI is InChI=1S/C15H24N2O2S2/c1-10-8-15(20-14(10)9-16-13-6-7-13)21(18,19)17(3)11(2)12-4-5-12/h8,11-13,16H,4-7,9H2,1-3H3. The Morgan fingerprint density at radius 3 is 2.62 bits per heavy atom. The van der Waals surface area contributed by atoms with Gasteiger partial charge in [-0.25, -0.2) is 8.42 Å². The molecule has 0 aromatic carbocycles. The minimum Gasteiger partial charge on any atom is -0.309 e. The molecule has 2 saturated carbocycles. The highest BCUT2D eigenvalue weighted by molar-refractivity contribution is 7.91. The second kappa shape index (κ2) is 5.65. The van der Waals surface area contributed by atoms with E-state index in [0.717, 1.165) is 29.8 Å². The van der Waals surface area contributed by atoms with Crippen molar-refractivity contribution in [1.29, 1.82) is 0 Å². The van der Waals surface area contributed by atoms with Crippen molar-refractivity contribution in [3.63, 3.8) is 0 Å². The van der Waals surface area contributed by atoms with Crippen LogP contribution in [0.5, 0.6) is 0 Å². The first-order valence-electron chi connectivity index (χ1n) is 7.70. The Morgan fingerprint density at radius 1 is 1.38 bits per heavy atom. The maximum absolute atomic E-state index is 12.7. The van der Waals surface area contributed by atoms with Gasteiger partial charge in [-0.2, -0.15) is 4.31 Å². The smallest absolute Gasteiger partial charge is 0.252 e. The number of aryl methyl sites for hydroxylation is 1. The molecule has 0 radical (unpaired) electrons. The summed E-state index contributed by atoms with van der Waals surface area (Å²) < 4.78 is 27.5. The maximum Gasteiger partial charge on any atom is 0.252 e. The summed E-state index contributed by atoms with van der Waals surface area (Å²) in [5.41, 5.74) is 1.08. The van der Waals surface area contributed by atoms with Gasteiger partial charge in [0.1, 0.15) is 4.21 Å². The Kier molecular flexibility index (Phi) is 4.16. The number of nitrogens with zero attached hydrogens (tertiary/aromatic N) is 1. The minimum absolute atomic E-state index is 0.102. The zero-order chi connectivity index (χ0) is 15.2. The van der Waals surface area contributed by atoms with E-state index < -0.39 is 10.0 Å². The van der Waals surface area contributed by atoms with E-state index in [0.29, 0.717) is 16.2 Å². The predicted octanol–water partition coefficient (Wildman–Crippen LogP) is 2.73. The van der Waals surface area contributed by atoms with Crippen LogP contribution in [0.25, 0.3) is 0 Å². The van der Waals surface area contributed by atoms with Gasteiger partial charge >= 0.3 is 0 Å². The van der Waals surface area contributed by atoms with E-state index >= 15 is 0 Å². The van der Waals surface area contributed by atoms with Gasteiger partial charge in [-0.3, -0.25) is 0 Å². The van der Waals surface area contributed by atoms with Crippen molar-refractivity contribution in [1.82, 2.24) is 9.62 Å². The molecule has 21 heavy (non-hydrogen) atoms. The summed E-state index contributed by atoms with van der Waals surface area (Å²) in [5, 5.41) is 3.46. The van der Waals surface area contributed by atoms with Crippen LogP contribution in [0.2, 0.25) is 0 Å². The van der Waals surface area contributed by atoms with Crippen molar-refractivity contribution in [3.05, 3.63) is 16.5 Å². The Balaban J connectivity index is 1.75. The Morgan fingerprint density at radius 2 is 2.05 bits per heavy atom. The predicted molar refractivity (Wildman–Crippen MR) is 86.1 cm³/mol. The van der Waals surface area contributed by atoms with Gasteiger partial charge in [0.25, 0.3) is 10.0 Å². The van der Waals surface area contributed by atoms with E-state index in [-0.39, 0.29) is 6.04 Å². The third kappa shape index (κ3) is 3.33. The monoisotopic (exact) mass is 328 g/mol. The van der Waals surface area contributed by atoms with Gasteiger partial charge in [-0.15, -0.1) is 11.3 Å². The zero-order valence-electron chi connectivity index (χ0n) is 12.9. The molecule has 0 spiro atoms. The molecule has 0 bridgehead atoms. The first-order chi connectivity index (χ1) is 9.89. The lowest BCUT2D eigenvalue weighted by atomic mass is 10.2. The lowest BCUT2D eigenvalue weighted by Crippen LogP contribution is -2.36. The first-order valence-corrected chi connectivity index (χ1v) is 9.96. The topological polar surface area (TPSA) is 49.4 Å². The molecule has 3 rings (SSSR count). The molecule has 2 aliphatic rings. The second-order valence-corrected chi connectivity index (χ2v) is 9.79. The van der Waals surface area contributed by atoms with Gasteiger partial charge in [-0.1, -0.05) is 0 Å². The minimum atomic E-state index is -3.34. The molecule has 1 aromatic rings. The number of rotatable bonds is 7. The summed E-state index contributed by atoms with van der Waals surface area (Å²) in [6.07, 6.45) is 4.80. The molecule has 4 nitrogen and oxygen atoms in total. The SMILES string of the molecule is Cc1cc(S(=O)(=O)N(C)C(C)C2CC2)sc1CNC1CC1. The van der Waals surface area contributed by atoms with E-state index in [1.165, 1.54) is 24.2 Å². The van der Waals surface area contributed by atoms with Crippen molar-refractivity contribution in [2.45, 2.75) is 62.4 Å². The van der Waals surface area contributed by atoms with E-state index in [4.69, 9.17) is 0 Å².